The molecule has 2 aliphatic rings. The highest BCUT2D eigenvalue weighted by Crippen LogP contribution is 2.29. The minimum absolute atomic E-state index is 0.0636. The lowest BCUT2D eigenvalue weighted by Crippen LogP contribution is -2.37. The number of carbonyl (C=O) groups excluding carboxylic acids is 2. The molecule has 5 heteroatoms. The van der Waals surface area contributed by atoms with Gasteiger partial charge in [-0.25, -0.2) is 0 Å². The van der Waals surface area contributed by atoms with Crippen molar-refractivity contribution >= 4 is 17.5 Å². The molecule has 0 aromatic heterocycles. The van der Waals surface area contributed by atoms with Crippen molar-refractivity contribution in [3.63, 3.8) is 0 Å². The molecule has 25 heavy (non-hydrogen) atoms. The van der Waals surface area contributed by atoms with Crippen molar-refractivity contribution in [2.24, 2.45) is 5.92 Å². The minimum Gasteiger partial charge on any atom is -0.342 e. The van der Waals surface area contributed by atoms with Crippen LogP contribution in [0.1, 0.15) is 38.2 Å². The van der Waals surface area contributed by atoms with Crippen molar-refractivity contribution in [1.29, 1.82) is 0 Å². The second-order valence-corrected chi connectivity index (χ2v) is 7.44. The number of anilines is 1. The molecule has 0 spiro atoms. The molecule has 2 saturated heterocycles. The Balaban J connectivity index is 1.65. The zero-order chi connectivity index (χ0) is 17.8. The summed E-state index contributed by atoms with van der Waals surface area (Å²) in [6.45, 7) is 4.68. The normalized spacial score (nSPS) is 24.6. The maximum absolute atomic E-state index is 12.7. The monoisotopic (exact) mass is 343 g/mol. The number of carbonyl (C=O) groups is 2. The van der Waals surface area contributed by atoms with E-state index in [0.29, 0.717) is 0 Å². The highest BCUT2D eigenvalue weighted by molar-refractivity contribution is 5.89. The Hall–Kier alpha value is -1.88. The molecule has 1 N–H and O–H groups in total. The minimum atomic E-state index is -0.0636. The number of likely N-dealkylation sites (N-methyl/N-ethyl adjacent to an activating group) is 1. The molecule has 3 rings (SSSR count). The Labute approximate surface area is 150 Å². The standard InChI is InChI=1S/C20H29N3O2/c1-15(24)21-19-9-5-4-8-16(19)12-18-13-17(20(25)22(18)2)14-23-10-6-3-7-11-23/h4-5,8-9,17-18H,3,6-7,10-14H2,1-2H3,(H,21,24). The zero-order valence-electron chi connectivity index (χ0n) is 15.3. The molecule has 2 aliphatic heterocycles. The van der Waals surface area contributed by atoms with Crippen LogP contribution in [0.5, 0.6) is 0 Å². The number of hydrogen-bond acceptors (Lipinski definition) is 3. The molecule has 5 nitrogen and oxygen atoms in total. The van der Waals surface area contributed by atoms with Crippen LogP contribution in [0.15, 0.2) is 24.3 Å². The van der Waals surface area contributed by atoms with E-state index in [1.807, 2.05) is 36.2 Å². The molecular formula is C20H29N3O2. The molecule has 2 heterocycles. The van der Waals surface area contributed by atoms with Crippen molar-refractivity contribution in [1.82, 2.24) is 9.80 Å². The summed E-state index contributed by atoms with van der Waals surface area (Å²) in [6.07, 6.45) is 5.52. The third-order valence-corrected chi connectivity index (χ3v) is 5.51. The second kappa shape index (κ2) is 8.00. The van der Waals surface area contributed by atoms with Crippen LogP contribution in [-0.4, -0.2) is 54.3 Å². The topological polar surface area (TPSA) is 52.7 Å². The predicted molar refractivity (Wildman–Crippen MR) is 99.4 cm³/mol. The SMILES string of the molecule is CC(=O)Nc1ccccc1CC1CC(CN2CCCCC2)C(=O)N1C. The van der Waals surface area contributed by atoms with E-state index in [-0.39, 0.29) is 23.8 Å². The smallest absolute Gasteiger partial charge is 0.227 e. The number of benzene rings is 1. The molecule has 0 aliphatic carbocycles. The third-order valence-electron chi connectivity index (χ3n) is 5.51. The van der Waals surface area contributed by atoms with Gasteiger partial charge < -0.3 is 15.1 Å². The number of piperidine rings is 1. The van der Waals surface area contributed by atoms with Crippen LogP contribution in [0.3, 0.4) is 0 Å². The summed E-state index contributed by atoms with van der Waals surface area (Å²) in [7, 11) is 1.92. The van der Waals surface area contributed by atoms with Crippen molar-refractivity contribution in [2.75, 3.05) is 32.0 Å². The van der Waals surface area contributed by atoms with Crippen molar-refractivity contribution in [3.8, 4) is 0 Å². The van der Waals surface area contributed by atoms with E-state index in [0.717, 1.165) is 43.7 Å². The van der Waals surface area contributed by atoms with Gasteiger partial charge in [0.2, 0.25) is 11.8 Å². The van der Waals surface area contributed by atoms with E-state index in [4.69, 9.17) is 0 Å². The van der Waals surface area contributed by atoms with Gasteiger partial charge in [-0.2, -0.15) is 0 Å². The second-order valence-electron chi connectivity index (χ2n) is 7.44. The fourth-order valence-electron chi connectivity index (χ4n) is 4.15. The first-order valence-corrected chi connectivity index (χ1v) is 9.39. The van der Waals surface area contributed by atoms with Crippen molar-refractivity contribution in [2.45, 2.75) is 45.1 Å². The molecular weight excluding hydrogens is 314 g/mol. The summed E-state index contributed by atoms with van der Waals surface area (Å²) in [5, 5.41) is 2.90. The molecule has 1 aromatic rings. The van der Waals surface area contributed by atoms with Crippen LogP contribution >= 0.6 is 0 Å². The van der Waals surface area contributed by atoms with Crippen LogP contribution in [0.25, 0.3) is 0 Å². The number of rotatable bonds is 5. The van der Waals surface area contributed by atoms with Crippen LogP contribution < -0.4 is 5.32 Å². The summed E-state index contributed by atoms with van der Waals surface area (Å²) in [6, 6.07) is 8.09. The van der Waals surface area contributed by atoms with E-state index >= 15 is 0 Å². The average Bonchev–Trinajstić information content (AvgIpc) is 2.85. The first-order chi connectivity index (χ1) is 12.0. The lowest BCUT2D eigenvalue weighted by Gasteiger charge is -2.28. The number of hydrogen-bond donors (Lipinski definition) is 1. The van der Waals surface area contributed by atoms with E-state index in [1.54, 1.807) is 0 Å². The fourth-order valence-corrected chi connectivity index (χ4v) is 4.15. The van der Waals surface area contributed by atoms with Gasteiger partial charge in [-0.1, -0.05) is 24.6 Å². The summed E-state index contributed by atoms with van der Waals surface area (Å²) >= 11 is 0. The van der Waals surface area contributed by atoms with Gasteiger partial charge in [0.05, 0.1) is 5.92 Å². The number of amides is 2. The fraction of sp³-hybridized carbons (Fsp3) is 0.600. The van der Waals surface area contributed by atoms with Crippen LogP contribution in [0, 0.1) is 5.92 Å². The lowest BCUT2D eigenvalue weighted by atomic mass is 9.97. The number of nitrogens with one attached hydrogen (secondary N) is 1. The number of nitrogens with zero attached hydrogens (tertiary/aromatic N) is 2. The maximum atomic E-state index is 12.7. The van der Waals surface area contributed by atoms with Gasteiger partial charge in [0, 0.05) is 32.2 Å². The van der Waals surface area contributed by atoms with Gasteiger partial charge in [0.25, 0.3) is 0 Å². The lowest BCUT2D eigenvalue weighted by molar-refractivity contribution is -0.131. The number of likely N-dealkylation sites (tertiary alicyclic amines) is 2. The van der Waals surface area contributed by atoms with Crippen LogP contribution in [0.4, 0.5) is 5.69 Å². The first-order valence-electron chi connectivity index (χ1n) is 9.39. The molecule has 2 unspecified atom stereocenters. The molecule has 2 fully saturated rings. The Morgan fingerprint density at radius 1 is 1.20 bits per heavy atom. The molecule has 2 atom stereocenters. The van der Waals surface area contributed by atoms with Gasteiger partial charge in [-0.3, -0.25) is 9.59 Å². The predicted octanol–water partition coefficient (Wildman–Crippen LogP) is 2.52. The molecule has 136 valence electrons. The molecule has 1 aromatic carbocycles. The van der Waals surface area contributed by atoms with E-state index in [2.05, 4.69) is 10.2 Å². The highest BCUT2D eigenvalue weighted by Gasteiger charge is 2.38. The van der Waals surface area contributed by atoms with Gasteiger partial charge in [0.15, 0.2) is 0 Å². The Kier molecular flexibility index (Phi) is 5.74. The third kappa shape index (κ3) is 4.40. The summed E-state index contributed by atoms with van der Waals surface area (Å²) in [5.41, 5.74) is 1.95. The Bertz CT molecular complexity index is 625. The van der Waals surface area contributed by atoms with Gasteiger partial charge in [-0.15, -0.1) is 0 Å². The van der Waals surface area contributed by atoms with Crippen molar-refractivity contribution < 1.29 is 9.59 Å². The average molecular weight is 343 g/mol. The van der Waals surface area contributed by atoms with Gasteiger partial charge in [0.1, 0.15) is 0 Å². The summed E-state index contributed by atoms with van der Waals surface area (Å²) < 4.78 is 0. The van der Waals surface area contributed by atoms with E-state index in [1.165, 1.54) is 26.2 Å². The van der Waals surface area contributed by atoms with E-state index < -0.39 is 0 Å². The van der Waals surface area contributed by atoms with Crippen molar-refractivity contribution in [3.05, 3.63) is 29.8 Å². The largest absolute Gasteiger partial charge is 0.342 e. The van der Waals surface area contributed by atoms with E-state index in [9.17, 15) is 9.59 Å². The summed E-state index contributed by atoms with van der Waals surface area (Å²) in [5.74, 6) is 0.319. The molecule has 2 amide bonds. The van der Waals surface area contributed by atoms with Gasteiger partial charge >= 0.3 is 0 Å². The Morgan fingerprint density at radius 3 is 2.64 bits per heavy atom. The molecule has 0 saturated carbocycles. The highest BCUT2D eigenvalue weighted by atomic mass is 16.2. The number of para-hydroxylation sites is 1. The van der Waals surface area contributed by atoms with Crippen LogP contribution in [-0.2, 0) is 16.0 Å². The Morgan fingerprint density at radius 2 is 1.92 bits per heavy atom. The summed E-state index contributed by atoms with van der Waals surface area (Å²) in [4.78, 5) is 28.5. The zero-order valence-corrected chi connectivity index (χ0v) is 15.3. The van der Waals surface area contributed by atoms with Gasteiger partial charge in [-0.05, 0) is 50.4 Å². The molecule has 0 bridgehead atoms. The quantitative estimate of drug-likeness (QED) is 0.894. The maximum Gasteiger partial charge on any atom is 0.227 e. The first kappa shape index (κ1) is 17.9. The molecule has 0 radical (unpaired) electrons. The van der Waals surface area contributed by atoms with Crippen LogP contribution in [0.2, 0.25) is 0 Å².